The summed E-state index contributed by atoms with van der Waals surface area (Å²) >= 11 is 0. The van der Waals surface area contributed by atoms with E-state index in [1.165, 1.54) is 7.11 Å². The molecule has 3 unspecified atom stereocenters. The molecule has 2 fully saturated rings. The van der Waals surface area contributed by atoms with E-state index in [-0.39, 0.29) is 53.7 Å². The van der Waals surface area contributed by atoms with E-state index in [2.05, 4.69) is 22.9 Å². The van der Waals surface area contributed by atoms with Gasteiger partial charge in [-0.1, -0.05) is 20.8 Å². The third-order valence-corrected chi connectivity index (χ3v) is 6.84. The molecule has 2 amide bonds. The highest BCUT2D eigenvalue weighted by molar-refractivity contribution is 6.11. The van der Waals surface area contributed by atoms with Crippen LogP contribution in [0.1, 0.15) is 67.2 Å². The highest BCUT2D eigenvalue weighted by Gasteiger charge is 2.45. The number of amides is 2. The lowest BCUT2D eigenvalue weighted by Gasteiger charge is -2.49. The molecule has 0 aliphatic heterocycles. The Kier molecular flexibility index (Phi) is 10.5. The highest BCUT2D eigenvalue weighted by Crippen LogP contribution is 2.46. The number of nitrogens with one attached hydrogen (secondary N) is 4. The van der Waals surface area contributed by atoms with Crippen LogP contribution in [0.15, 0.2) is 23.7 Å². The lowest BCUT2D eigenvalue weighted by atomic mass is 9.61. The number of methoxy groups -OCH3 is 1. The number of ether oxygens (including phenoxy) is 2. The van der Waals surface area contributed by atoms with Crippen LogP contribution in [0.4, 0.5) is 0 Å². The molecule has 9 heteroatoms. The molecular weight excluding hydrogens is 460 g/mol. The van der Waals surface area contributed by atoms with E-state index < -0.39 is 11.1 Å². The average Bonchev–Trinajstić information content (AvgIpc) is 2.73. The normalized spacial score (nSPS) is 28.9. The summed E-state index contributed by atoms with van der Waals surface area (Å²) in [6.45, 7) is 12.0. The van der Waals surface area contributed by atoms with Crippen molar-refractivity contribution < 1.29 is 24.2 Å². The first-order valence-electron chi connectivity index (χ1n) is 12.9. The summed E-state index contributed by atoms with van der Waals surface area (Å²) < 4.78 is 10.8. The summed E-state index contributed by atoms with van der Waals surface area (Å²) in [6, 6.07) is -0.0766. The van der Waals surface area contributed by atoms with Crippen LogP contribution in [0.25, 0.3) is 0 Å². The van der Waals surface area contributed by atoms with Crippen LogP contribution in [0, 0.1) is 29.1 Å². The third kappa shape index (κ3) is 8.92. The maximum Gasteiger partial charge on any atom is 0.258 e. The minimum atomic E-state index is -0.708. The van der Waals surface area contributed by atoms with Gasteiger partial charge in [0, 0.05) is 25.6 Å². The van der Waals surface area contributed by atoms with E-state index in [0.717, 1.165) is 25.5 Å². The Bertz CT molecular complexity index is 847. The molecule has 5 N–H and O–H groups in total. The van der Waals surface area contributed by atoms with Crippen molar-refractivity contribution in [2.45, 2.75) is 84.4 Å². The molecule has 2 aliphatic rings. The quantitative estimate of drug-likeness (QED) is 0.157. The Morgan fingerprint density at radius 2 is 1.94 bits per heavy atom. The van der Waals surface area contributed by atoms with Crippen molar-refractivity contribution in [1.82, 2.24) is 16.0 Å². The van der Waals surface area contributed by atoms with Gasteiger partial charge in [0.2, 0.25) is 11.8 Å². The van der Waals surface area contributed by atoms with E-state index in [9.17, 15) is 14.7 Å². The number of hydrogen-bond acceptors (Lipinski definition) is 7. The Labute approximate surface area is 216 Å². The predicted octanol–water partition coefficient (Wildman–Crippen LogP) is 2.86. The molecule has 2 bridgehead atoms. The first-order valence-corrected chi connectivity index (χ1v) is 12.9. The molecular formula is C27H46N4O5. The number of carbonyl (C=O) groups excluding carboxylic acids is 2. The number of hydrogen-bond donors (Lipinski definition) is 5. The van der Waals surface area contributed by atoms with Crippen LogP contribution in [-0.2, 0) is 19.1 Å². The SMILES string of the molecule is COCC(=O)NC(C)(C)/C=C/N/C(OCC(C)C)=C(\C=N)C(=O)N[C@@H]1C(C)CC2CC1C[C@@](C)(O)C2. The number of rotatable bonds is 12. The lowest BCUT2D eigenvalue weighted by Crippen LogP contribution is -2.54. The fourth-order valence-electron chi connectivity index (χ4n) is 5.52. The first kappa shape index (κ1) is 29.8. The molecule has 2 saturated carbocycles. The van der Waals surface area contributed by atoms with Gasteiger partial charge in [0.15, 0.2) is 0 Å². The van der Waals surface area contributed by atoms with E-state index >= 15 is 0 Å². The van der Waals surface area contributed by atoms with Gasteiger partial charge in [-0.3, -0.25) is 9.59 Å². The minimum absolute atomic E-state index is 0.0394. The second-order valence-electron chi connectivity index (χ2n) is 11.8. The molecule has 5 atom stereocenters. The fourth-order valence-corrected chi connectivity index (χ4v) is 5.52. The molecule has 0 saturated heterocycles. The minimum Gasteiger partial charge on any atom is -0.478 e. The second-order valence-corrected chi connectivity index (χ2v) is 11.8. The Morgan fingerprint density at radius 3 is 2.56 bits per heavy atom. The van der Waals surface area contributed by atoms with E-state index in [0.29, 0.717) is 18.9 Å². The molecule has 9 nitrogen and oxygen atoms in total. The van der Waals surface area contributed by atoms with Crippen LogP contribution >= 0.6 is 0 Å². The summed E-state index contributed by atoms with van der Waals surface area (Å²) in [6.07, 6.45) is 7.78. The summed E-state index contributed by atoms with van der Waals surface area (Å²) in [5.74, 6) is 0.729. The summed E-state index contributed by atoms with van der Waals surface area (Å²) in [7, 11) is 1.46. The maximum absolute atomic E-state index is 13.4. The van der Waals surface area contributed by atoms with Gasteiger partial charge in [0.25, 0.3) is 5.91 Å². The Morgan fingerprint density at radius 1 is 1.25 bits per heavy atom. The van der Waals surface area contributed by atoms with Gasteiger partial charge < -0.3 is 35.9 Å². The van der Waals surface area contributed by atoms with E-state index in [1.807, 2.05) is 34.6 Å². The largest absolute Gasteiger partial charge is 0.478 e. The molecule has 2 aliphatic carbocycles. The summed E-state index contributed by atoms with van der Waals surface area (Å²) in [5.41, 5.74) is -1.29. The van der Waals surface area contributed by atoms with Crippen molar-refractivity contribution in [2.75, 3.05) is 20.3 Å². The monoisotopic (exact) mass is 506 g/mol. The van der Waals surface area contributed by atoms with Crippen LogP contribution in [0.5, 0.6) is 0 Å². The molecule has 36 heavy (non-hydrogen) atoms. The predicted molar refractivity (Wildman–Crippen MR) is 140 cm³/mol. The molecule has 0 aromatic rings. The van der Waals surface area contributed by atoms with Gasteiger partial charge in [-0.2, -0.15) is 0 Å². The van der Waals surface area contributed by atoms with Crippen molar-refractivity contribution in [3.63, 3.8) is 0 Å². The van der Waals surface area contributed by atoms with Gasteiger partial charge in [0.05, 0.1) is 17.7 Å². The molecule has 0 heterocycles. The number of aliphatic hydroxyl groups is 1. The molecule has 2 rings (SSSR count). The average molecular weight is 507 g/mol. The van der Waals surface area contributed by atoms with Gasteiger partial charge in [-0.25, -0.2) is 0 Å². The van der Waals surface area contributed by atoms with Crippen LogP contribution in [0.3, 0.4) is 0 Å². The summed E-state index contributed by atoms with van der Waals surface area (Å²) in [4.78, 5) is 25.3. The molecule has 0 aromatic carbocycles. The molecule has 0 radical (unpaired) electrons. The number of carbonyl (C=O) groups is 2. The summed E-state index contributed by atoms with van der Waals surface area (Å²) in [5, 5.41) is 27.7. The molecule has 204 valence electrons. The lowest BCUT2D eigenvalue weighted by molar-refractivity contribution is -0.125. The second kappa shape index (κ2) is 12.7. The van der Waals surface area contributed by atoms with Crippen molar-refractivity contribution in [3.8, 4) is 0 Å². The fraction of sp³-hybridized carbons (Fsp3) is 0.741. The molecule has 0 spiro atoms. The maximum atomic E-state index is 13.4. The topological polar surface area (TPSA) is 133 Å². The van der Waals surface area contributed by atoms with Crippen molar-refractivity contribution in [2.24, 2.45) is 23.7 Å². The van der Waals surface area contributed by atoms with Crippen molar-refractivity contribution in [1.29, 1.82) is 5.41 Å². The number of fused-ring (bicyclic) bond motifs is 2. The Hall–Kier alpha value is -2.39. The smallest absolute Gasteiger partial charge is 0.258 e. The van der Waals surface area contributed by atoms with Crippen LogP contribution < -0.4 is 16.0 Å². The highest BCUT2D eigenvalue weighted by atomic mass is 16.5. The Balaban J connectivity index is 2.20. The third-order valence-electron chi connectivity index (χ3n) is 6.84. The molecule has 0 aromatic heterocycles. The van der Waals surface area contributed by atoms with Gasteiger partial charge >= 0.3 is 0 Å². The van der Waals surface area contributed by atoms with Crippen LogP contribution in [-0.4, -0.2) is 60.6 Å². The standard InChI is InChI=1S/C27H46N4O5/c1-17(2)15-36-25(29-9-8-26(4,5)31-22(32)16-35-7)21(14-28)24(33)30-23-18(3)10-19-11-20(23)13-27(6,34)12-19/h8-9,14,17-20,23,28-29,34H,10-13,15-16H2,1-7H3,(H,30,33)(H,31,32)/b9-8+,25-21-,28-14?/t18?,19?,20?,23-,27+/m1/s1. The zero-order valence-corrected chi connectivity index (χ0v) is 22.9. The van der Waals surface area contributed by atoms with E-state index in [1.54, 1.807) is 12.3 Å². The van der Waals surface area contributed by atoms with E-state index in [4.69, 9.17) is 14.9 Å². The zero-order chi connectivity index (χ0) is 27.1. The van der Waals surface area contributed by atoms with Crippen molar-refractivity contribution >= 4 is 18.0 Å². The van der Waals surface area contributed by atoms with Crippen molar-refractivity contribution in [3.05, 3.63) is 23.7 Å². The first-order chi connectivity index (χ1) is 16.8. The zero-order valence-electron chi connectivity index (χ0n) is 22.9. The van der Waals surface area contributed by atoms with Gasteiger partial charge in [0.1, 0.15) is 12.2 Å². The van der Waals surface area contributed by atoms with Crippen LogP contribution in [0.2, 0.25) is 0 Å². The van der Waals surface area contributed by atoms with Gasteiger partial charge in [-0.05, 0) is 76.2 Å². The van der Waals surface area contributed by atoms with Gasteiger partial charge in [-0.15, -0.1) is 0 Å².